The number of likely N-dealkylation sites (tertiary alicyclic amines) is 1. The van der Waals surface area contributed by atoms with E-state index < -0.39 is 15.6 Å². The third kappa shape index (κ3) is 6.13. The predicted molar refractivity (Wildman–Crippen MR) is 166 cm³/mol. The van der Waals surface area contributed by atoms with E-state index in [9.17, 15) is 13.2 Å². The molecule has 0 radical (unpaired) electrons. The maximum Gasteiger partial charge on any atom is 0.243 e. The van der Waals surface area contributed by atoms with Crippen molar-refractivity contribution in [2.24, 2.45) is 0 Å². The number of aryl methyl sites for hydroxylation is 1. The Labute approximate surface area is 248 Å². The third-order valence-electron chi connectivity index (χ3n) is 8.42. The van der Waals surface area contributed by atoms with Gasteiger partial charge in [0.2, 0.25) is 15.9 Å². The molecule has 218 valence electrons. The lowest BCUT2D eigenvalue weighted by Crippen LogP contribution is -2.64. The van der Waals surface area contributed by atoms with Crippen molar-refractivity contribution < 1.29 is 17.9 Å². The Balaban J connectivity index is 1.20. The number of anilines is 1. The number of nitrogens with one attached hydrogen (secondary N) is 1. The molecule has 4 aromatic carbocycles. The molecule has 2 aliphatic rings. The smallest absolute Gasteiger partial charge is 0.243 e. The minimum absolute atomic E-state index is 0.0923. The Bertz CT molecular complexity index is 1650. The summed E-state index contributed by atoms with van der Waals surface area (Å²) in [5.74, 6) is -0.0923. The lowest BCUT2D eigenvalue weighted by Gasteiger charge is -2.50. The highest BCUT2D eigenvalue weighted by molar-refractivity contribution is 7.89. The monoisotopic (exact) mass is 583 g/mol. The Kier molecular flexibility index (Phi) is 8.14. The average Bonchev–Trinajstić information content (AvgIpc) is 2.99. The molecule has 6 rings (SSSR count). The summed E-state index contributed by atoms with van der Waals surface area (Å²) >= 11 is 0. The molecule has 42 heavy (non-hydrogen) atoms. The van der Waals surface area contributed by atoms with Crippen LogP contribution in [-0.4, -0.2) is 68.0 Å². The number of benzene rings is 4. The molecule has 0 aliphatic carbocycles. The molecular weight excluding hydrogens is 546 g/mol. The summed E-state index contributed by atoms with van der Waals surface area (Å²) in [5.41, 5.74) is 2.19. The number of amides is 1. The van der Waals surface area contributed by atoms with E-state index in [0.29, 0.717) is 24.5 Å². The first-order valence-corrected chi connectivity index (χ1v) is 16.0. The van der Waals surface area contributed by atoms with Gasteiger partial charge in [-0.15, -0.1) is 0 Å². The second kappa shape index (κ2) is 12.0. The molecule has 0 aromatic heterocycles. The fraction of sp³-hybridized carbons (Fsp3) is 0.324. The zero-order chi connectivity index (χ0) is 29.2. The summed E-state index contributed by atoms with van der Waals surface area (Å²) in [6.45, 7) is 3.97. The fourth-order valence-corrected chi connectivity index (χ4v) is 7.97. The van der Waals surface area contributed by atoms with Crippen molar-refractivity contribution in [1.82, 2.24) is 9.21 Å². The number of hydrogen-bond acceptors (Lipinski definition) is 5. The van der Waals surface area contributed by atoms with Crippen LogP contribution in [0.15, 0.2) is 102 Å². The minimum atomic E-state index is -3.77. The molecular formula is C34H37N3O4S. The highest BCUT2D eigenvalue weighted by atomic mass is 32.2. The summed E-state index contributed by atoms with van der Waals surface area (Å²) in [6, 6.07) is 30.6. The molecule has 2 heterocycles. The molecule has 8 heteroatoms. The van der Waals surface area contributed by atoms with E-state index in [0.717, 1.165) is 47.0 Å². The van der Waals surface area contributed by atoms with E-state index >= 15 is 0 Å². The maximum absolute atomic E-state index is 14.1. The van der Waals surface area contributed by atoms with Gasteiger partial charge in [-0.2, -0.15) is 4.31 Å². The van der Waals surface area contributed by atoms with Gasteiger partial charge in [-0.1, -0.05) is 84.4 Å². The predicted octanol–water partition coefficient (Wildman–Crippen LogP) is 5.25. The Morgan fingerprint density at radius 3 is 2.48 bits per heavy atom. The van der Waals surface area contributed by atoms with E-state index in [1.54, 1.807) is 16.4 Å². The number of sulfonamides is 1. The Morgan fingerprint density at radius 1 is 0.929 bits per heavy atom. The highest BCUT2D eigenvalue weighted by Gasteiger charge is 2.47. The third-order valence-corrected chi connectivity index (χ3v) is 10.3. The van der Waals surface area contributed by atoms with Crippen LogP contribution in [0.4, 0.5) is 5.69 Å². The van der Waals surface area contributed by atoms with Gasteiger partial charge in [0.05, 0.1) is 29.7 Å². The van der Waals surface area contributed by atoms with Gasteiger partial charge in [0.1, 0.15) is 0 Å². The van der Waals surface area contributed by atoms with Crippen LogP contribution < -0.4 is 5.32 Å². The van der Waals surface area contributed by atoms with Gasteiger partial charge >= 0.3 is 0 Å². The molecule has 0 bridgehead atoms. The largest absolute Gasteiger partial charge is 0.371 e. The fourth-order valence-electron chi connectivity index (χ4n) is 6.29. The normalized spacial score (nSPS) is 21.9. The van der Waals surface area contributed by atoms with Crippen LogP contribution in [0.3, 0.4) is 0 Å². The maximum atomic E-state index is 14.1. The van der Waals surface area contributed by atoms with Crippen molar-refractivity contribution >= 4 is 32.4 Å². The summed E-state index contributed by atoms with van der Waals surface area (Å²) in [4.78, 5) is 15.6. The first-order valence-electron chi connectivity index (χ1n) is 14.6. The van der Waals surface area contributed by atoms with Gasteiger partial charge in [-0.05, 0) is 61.9 Å². The number of morpholine rings is 1. The molecule has 1 amide bonds. The summed E-state index contributed by atoms with van der Waals surface area (Å²) in [5, 5.41) is 5.16. The minimum Gasteiger partial charge on any atom is -0.371 e. The molecule has 2 atom stereocenters. The number of piperidine rings is 1. The van der Waals surface area contributed by atoms with Crippen LogP contribution in [0.1, 0.15) is 24.0 Å². The van der Waals surface area contributed by atoms with Crippen molar-refractivity contribution in [2.75, 3.05) is 38.1 Å². The van der Waals surface area contributed by atoms with Crippen LogP contribution in [0, 0.1) is 6.92 Å². The molecule has 1 spiro atoms. The van der Waals surface area contributed by atoms with Gasteiger partial charge < -0.3 is 10.1 Å². The van der Waals surface area contributed by atoms with Crippen LogP contribution in [0.2, 0.25) is 0 Å². The van der Waals surface area contributed by atoms with Crippen molar-refractivity contribution in [3.8, 4) is 0 Å². The van der Waals surface area contributed by atoms with Crippen molar-refractivity contribution in [1.29, 1.82) is 0 Å². The highest BCUT2D eigenvalue weighted by Crippen LogP contribution is 2.35. The molecule has 0 unspecified atom stereocenters. The van der Waals surface area contributed by atoms with Gasteiger partial charge in [0.25, 0.3) is 0 Å². The van der Waals surface area contributed by atoms with Gasteiger partial charge in [0, 0.05) is 24.2 Å². The zero-order valence-corrected chi connectivity index (χ0v) is 24.7. The molecule has 7 nitrogen and oxygen atoms in total. The van der Waals surface area contributed by atoms with E-state index in [1.165, 1.54) is 0 Å². The number of ether oxygens (including phenoxy) is 1. The standard InChI is InChI=1S/C34H37N3O4S/c1-26-15-17-30(18-16-26)42(39,40)37-25-34(41-23-29(37)21-27-9-3-2-4-10-27)19-8-20-36(24-34)22-33(38)35-32-14-7-12-28-11-5-6-13-31(28)32/h2-7,9-18,29H,8,19-25H2,1H3,(H,35,38)/t29-,34-/m0/s1. The van der Waals surface area contributed by atoms with Crippen molar-refractivity contribution in [3.05, 3.63) is 108 Å². The van der Waals surface area contributed by atoms with Crippen molar-refractivity contribution in [3.63, 3.8) is 0 Å². The second-order valence-corrected chi connectivity index (χ2v) is 13.5. The zero-order valence-electron chi connectivity index (χ0n) is 23.9. The van der Waals surface area contributed by atoms with Crippen LogP contribution in [0.25, 0.3) is 10.8 Å². The molecule has 2 fully saturated rings. The molecule has 4 aromatic rings. The number of fused-ring (bicyclic) bond motifs is 1. The quantitative estimate of drug-likeness (QED) is 0.321. The van der Waals surface area contributed by atoms with Crippen LogP contribution in [0.5, 0.6) is 0 Å². The molecule has 2 aliphatic heterocycles. The number of nitrogens with zero attached hydrogens (tertiary/aromatic N) is 2. The van der Waals surface area contributed by atoms with E-state index in [1.807, 2.05) is 91.9 Å². The molecule has 0 saturated carbocycles. The lowest BCUT2D eigenvalue weighted by molar-refractivity contribution is -0.144. The van der Waals surface area contributed by atoms with Crippen LogP contribution in [-0.2, 0) is 26.0 Å². The van der Waals surface area contributed by atoms with E-state index in [4.69, 9.17) is 4.74 Å². The number of rotatable bonds is 7. The lowest BCUT2D eigenvalue weighted by atomic mass is 9.90. The summed E-state index contributed by atoms with van der Waals surface area (Å²) < 4.78 is 36.4. The first kappa shape index (κ1) is 28.6. The summed E-state index contributed by atoms with van der Waals surface area (Å²) in [7, 11) is -3.77. The number of carbonyl (C=O) groups excluding carboxylic acids is 1. The van der Waals surface area contributed by atoms with Gasteiger partial charge in [-0.3, -0.25) is 9.69 Å². The van der Waals surface area contributed by atoms with Gasteiger partial charge in [0.15, 0.2) is 0 Å². The summed E-state index contributed by atoms with van der Waals surface area (Å²) in [6.07, 6.45) is 2.13. The Hall–Kier alpha value is -3.56. The average molecular weight is 584 g/mol. The van der Waals surface area contributed by atoms with E-state index in [2.05, 4.69) is 10.2 Å². The molecule has 2 saturated heterocycles. The van der Waals surface area contributed by atoms with Gasteiger partial charge in [-0.25, -0.2) is 8.42 Å². The SMILES string of the molecule is Cc1ccc(S(=O)(=O)N2C[C@@]3(CCCN(CC(=O)Nc4cccc5ccccc45)C3)OC[C@@H]2Cc2ccccc2)cc1. The van der Waals surface area contributed by atoms with E-state index in [-0.39, 0.29) is 25.0 Å². The number of carbonyl (C=O) groups is 1. The Morgan fingerprint density at radius 2 is 1.67 bits per heavy atom. The van der Waals surface area contributed by atoms with Crippen LogP contribution >= 0.6 is 0 Å². The second-order valence-electron chi connectivity index (χ2n) is 11.6. The molecule has 1 N–H and O–H groups in total. The first-order chi connectivity index (χ1) is 20.3. The van der Waals surface area contributed by atoms with Crippen molar-refractivity contribution in [2.45, 2.75) is 42.7 Å². The number of hydrogen-bond donors (Lipinski definition) is 1. The topological polar surface area (TPSA) is 79.0 Å².